The van der Waals surface area contributed by atoms with E-state index < -0.39 is 0 Å². The summed E-state index contributed by atoms with van der Waals surface area (Å²) < 4.78 is 0. The van der Waals surface area contributed by atoms with Crippen LogP contribution in [0.5, 0.6) is 0 Å². The molecule has 20 heavy (non-hydrogen) atoms. The number of benzene rings is 2. The van der Waals surface area contributed by atoms with Crippen LogP contribution in [0.2, 0.25) is 5.02 Å². The Kier molecular flexibility index (Phi) is 4.52. The van der Waals surface area contributed by atoms with Crippen molar-refractivity contribution in [3.05, 3.63) is 62.7 Å². The van der Waals surface area contributed by atoms with Crippen molar-refractivity contribution in [1.29, 1.82) is 0 Å². The highest BCUT2D eigenvalue weighted by Gasteiger charge is 2.14. The van der Waals surface area contributed by atoms with E-state index in [-0.39, 0.29) is 10.6 Å². The van der Waals surface area contributed by atoms with Crippen molar-refractivity contribution >= 4 is 34.7 Å². The first-order valence-electron chi connectivity index (χ1n) is 5.89. The second-order valence-corrected chi connectivity index (χ2v) is 5.82. The van der Waals surface area contributed by atoms with Crippen molar-refractivity contribution in [2.45, 2.75) is 17.6 Å². The van der Waals surface area contributed by atoms with Gasteiger partial charge in [0.1, 0.15) is 0 Å². The number of anilines is 1. The average molecular weight is 309 g/mol. The van der Waals surface area contributed by atoms with Crippen molar-refractivity contribution in [3.8, 4) is 0 Å². The smallest absolute Gasteiger partial charge is 0.273 e. The van der Waals surface area contributed by atoms with E-state index in [2.05, 4.69) is 0 Å². The van der Waals surface area contributed by atoms with Gasteiger partial charge in [-0.2, -0.15) is 0 Å². The third-order valence-electron chi connectivity index (χ3n) is 2.87. The molecule has 0 bridgehead atoms. The number of hydrogen-bond acceptors (Lipinski definition) is 4. The number of halogens is 1. The van der Waals surface area contributed by atoms with E-state index in [9.17, 15) is 10.1 Å². The Morgan fingerprint density at radius 2 is 2.05 bits per heavy atom. The molecule has 0 fully saturated rings. The molecular weight excluding hydrogens is 296 g/mol. The Morgan fingerprint density at radius 3 is 2.70 bits per heavy atom. The fourth-order valence-electron chi connectivity index (χ4n) is 1.75. The number of nitrogens with zero attached hydrogens (tertiary/aromatic N) is 1. The molecule has 0 aliphatic carbocycles. The van der Waals surface area contributed by atoms with Gasteiger partial charge >= 0.3 is 0 Å². The molecule has 0 radical (unpaired) electrons. The number of nitrogens with two attached hydrogens (primary N) is 1. The zero-order valence-electron chi connectivity index (χ0n) is 10.8. The summed E-state index contributed by atoms with van der Waals surface area (Å²) in [6.07, 6.45) is 0. The van der Waals surface area contributed by atoms with Crippen LogP contribution in [0, 0.1) is 17.0 Å². The van der Waals surface area contributed by atoms with E-state index in [0.29, 0.717) is 16.3 Å². The molecule has 2 rings (SSSR count). The fourth-order valence-corrected chi connectivity index (χ4v) is 2.92. The number of nitrogen functional groups attached to an aromatic ring is 1. The summed E-state index contributed by atoms with van der Waals surface area (Å²) in [6, 6.07) is 10.3. The summed E-state index contributed by atoms with van der Waals surface area (Å²) in [4.78, 5) is 11.6. The molecule has 0 saturated heterocycles. The van der Waals surface area contributed by atoms with E-state index >= 15 is 0 Å². The minimum absolute atomic E-state index is 0.0917. The third-order valence-corrected chi connectivity index (χ3v) is 4.15. The monoisotopic (exact) mass is 308 g/mol. The molecule has 0 aliphatic rings. The van der Waals surface area contributed by atoms with Crippen LogP contribution in [0.25, 0.3) is 0 Å². The van der Waals surface area contributed by atoms with E-state index in [1.165, 1.54) is 23.9 Å². The molecule has 4 nitrogen and oxygen atoms in total. The van der Waals surface area contributed by atoms with Crippen LogP contribution in [0.15, 0.2) is 41.3 Å². The maximum atomic E-state index is 11.0. The van der Waals surface area contributed by atoms with E-state index in [4.69, 9.17) is 17.3 Å². The van der Waals surface area contributed by atoms with Gasteiger partial charge in [0.25, 0.3) is 5.69 Å². The minimum Gasteiger partial charge on any atom is -0.399 e. The molecule has 0 heterocycles. The molecule has 0 amide bonds. The molecule has 0 unspecified atom stereocenters. The van der Waals surface area contributed by atoms with Gasteiger partial charge in [-0.15, -0.1) is 11.8 Å². The Bertz CT molecular complexity index is 662. The van der Waals surface area contributed by atoms with Gasteiger partial charge in [-0.3, -0.25) is 10.1 Å². The second-order valence-electron chi connectivity index (χ2n) is 4.34. The molecule has 6 heteroatoms. The van der Waals surface area contributed by atoms with Crippen LogP contribution in [0.4, 0.5) is 11.4 Å². The van der Waals surface area contributed by atoms with Crippen molar-refractivity contribution in [3.63, 3.8) is 0 Å². The molecule has 104 valence electrons. The first kappa shape index (κ1) is 14.7. The van der Waals surface area contributed by atoms with Gasteiger partial charge in [-0.1, -0.05) is 11.6 Å². The van der Waals surface area contributed by atoms with Crippen molar-refractivity contribution in [2.75, 3.05) is 5.73 Å². The predicted molar refractivity (Wildman–Crippen MR) is 83.3 cm³/mol. The van der Waals surface area contributed by atoms with Gasteiger partial charge in [-0.05, 0) is 42.8 Å². The number of nitro groups is 1. The summed E-state index contributed by atoms with van der Waals surface area (Å²) in [5.41, 5.74) is 8.20. The Labute approximate surface area is 126 Å². The zero-order valence-corrected chi connectivity index (χ0v) is 12.4. The van der Waals surface area contributed by atoms with Gasteiger partial charge in [-0.25, -0.2) is 0 Å². The lowest BCUT2D eigenvalue weighted by atomic mass is 10.2. The highest BCUT2D eigenvalue weighted by Crippen LogP contribution is 2.31. The molecule has 0 aromatic heterocycles. The molecule has 2 aromatic rings. The molecule has 2 aromatic carbocycles. The predicted octanol–water partition coefficient (Wildman–Crippen LogP) is 4.43. The topological polar surface area (TPSA) is 69.2 Å². The third kappa shape index (κ3) is 3.43. The highest BCUT2D eigenvalue weighted by molar-refractivity contribution is 7.98. The average Bonchev–Trinajstić information content (AvgIpc) is 2.40. The normalized spacial score (nSPS) is 10.5. The van der Waals surface area contributed by atoms with Crippen LogP contribution in [-0.4, -0.2) is 4.92 Å². The Balaban J connectivity index is 2.20. The van der Waals surface area contributed by atoms with Gasteiger partial charge in [0.2, 0.25) is 0 Å². The number of hydrogen-bond donors (Lipinski definition) is 1. The summed E-state index contributed by atoms with van der Waals surface area (Å²) in [5.74, 6) is 0.486. The van der Waals surface area contributed by atoms with Crippen molar-refractivity contribution in [2.24, 2.45) is 0 Å². The van der Waals surface area contributed by atoms with Crippen LogP contribution < -0.4 is 5.73 Å². The quantitative estimate of drug-likeness (QED) is 0.392. The van der Waals surface area contributed by atoms with Crippen molar-refractivity contribution in [1.82, 2.24) is 0 Å². The molecule has 0 saturated carbocycles. The Morgan fingerprint density at radius 1 is 1.30 bits per heavy atom. The lowest BCUT2D eigenvalue weighted by Gasteiger charge is -2.06. The van der Waals surface area contributed by atoms with Crippen LogP contribution >= 0.6 is 23.4 Å². The van der Waals surface area contributed by atoms with E-state index in [0.717, 1.165) is 16.1 Å². The number of thioether (sulfide) groups is 1. The standard InChI is InChI=1S/C14H13ClN2O2S/c1-9-6-12(3-4-13(9)16)20-8-10-7-11(15)2-5-14(10)17(18)19/h2-7H,8,16H2,1H3. The summed E-state index contributed by atoms with van der Waals surface area (Å²) in [5, 5.41) is 11.5. The second kappa shape index (κ2) is 6.15. The largest absolute Gasteiger partial charge is 0.399 e. The minimum atomic E-state index is -0.388. The van der Waals surface area contributed by atoms with Crippen LogP contribution in [-0.2, 0) is 5.75 Å². The number of rotatable bonds is 4. The van der Waals surface area contributed by atoms with E-state index in [1.807, 2.05) is 25.1 Å². The number of nitro benzene ring substituents is 1. The zero-order chi connectivity index (χ0) is 14.7. The maximum absolute atomic E-state index is 11.0. The molecule has 0 spiro atoms. The Hall–Kier alpha value is -1.72. The molecule has 2 N–H and O–H groups in total. The SMILES string of the molecule is Cc1cc(SCc2cc(Cl)ccc2[N+](=O)[O-])ccc1N. The van der Waals surface area contributed by atoms with Gasteiger partial charge < -0.3 is 5.73 Å². The lowest BCUT2D eigenvalue weighted by Crippen LogP contribution is -1.94. The molecule has 0 aliphatic heterocycles. The van der Waals surface area contributed by atoms with Crippen LogP contribution in [0.1, 0.15) is 11.1 Å². The van der Waals surface area contributed by atoms with Crippen molar-refractivity contribution < 1.29 is 4.92 Å². The summed E-state index contributed by atoms with van der Waals surface area (Å²) in [7, 11) is 0. The highest BCUT2D eigenvalue weighted by atomic mass is 35.5. The van der Waals surface area contributed by atoms with Gasteiger partial charge in [0.15, 0.2) is 0 Å². The van der Waals surface area contributed by atoms with Crippen LogP contribution in [0.3, 0.4) is 0 Å². The molecular formula is C14H13ClN2O2S. The fraction of sp³-hybridized carbons (Fsp3) is 0.143. The number of aryl methyl sites for hydroxylation is 1. The van der Waals surface area contributed by atoms with Gasteiger partial charge in [0.05, 0.1) is 4.92 Å². The first-order chi connectivity index (χ1) is 9.47. The maximum Gasteiger partial charge on any atom is 0.273 e. The summed E-state index contributed by atoms with van der Waals surface area (Å²) in [6.45, 7) is 1.93. The van der Waals surface area contributed by atoms with E-state index in [1.54, 1.807) is 6.07 Å². The first-order valence-corrected chi connectivity index (χ1v) is 7.25. The lowest BCUT2D eigenvalue weighted by molar-refractivity contribution is -0.385. The summed E-state index contributed by atoms with van der Waals surface area (Å²) >= 11 is 7.42. The molecule has 0 atom stereocenters. The van der Waals surface area contributed by atoms with Gasteiger partial charge in [0, 0.05) is 33.0 Å².